The third kappa shape index (κ3) is 3.06. The van der Waals surface area contributed by atoms with Gasteiger partial charge in [-0.2, -0.15) is 0 Å². The molecule has 0 saturated carbocycles. The summed E-state index contributed by atoms with van der Waals surface area (Å²) < 4.78 is 0. The summed E-state index contributed by atoms with van der Waals surface area (Å²) in [4.78, 5) is 18.6. The molecule has 0 atom stereocenters. The molecule has 4 rings (SSSR count). The zero-order valence-electron chi connectivity index (χ0n) is 15.1. The van der Waals surface area contributed by atoms with Crippen molar-refractivity contribution in [1.82, 2.24) is 19.9 Å². The lowest BCUT2D eigenvalue weighted by atomic mass is 9.95. The molecule has 1 N–H and O–H groups in total. The van der Waals surface area contributed by atoms with Gasteiger partial charge in [0.2, 0.25) is 11.9 Å². The molecule has 0 bridgehead atoms. The maximum atomic E-state index is 4.70. The van der Waals surface area contributed by atoms with Gasteiger partial charge in [0.25, 0.3) is 0 Å². The van der Waals surface area contributed by atoms with Crippen LogP contribution in [0, 0.1) is 13.8 Å². The molecule has 1 aliphatic carbocycles. The van der Waals surface area contributed by atoms with Crippen molar-refractivity contribution < 1.29 is 0 Å². The monoisotopic (exact) mass is 333 g/mol. The van der Waals surface area contributed by atoms with Gasteiger partial charge < -0.3 is 0 Å². The zero-order chi connectivity index (χ0) is 17.4. The van der Waals surface area contributed by atoms with Crippen LogP contribution in [0.2, 0.25) is 0 Å². The van der Waals surface area contributed by atoms with Gasteiger partial charge in [-0.15, -0.1) is 0 Å². The third-order valence-corrected chi connectivity index (χ3v) is 4.97. The Morgan fingerprint density at radius 3 is 2.52 bits per heavy atom. The number of benzene rings is 1. The highest BCUT2D eigenvalue weighted by molar-refractivity contribution is 5.82. The molecule has 5 heteroatoms. The van der Waals surface area contributed by atoms with E-state index >= 15 is 0 Å². The number of nitrogens with zero attached hydrogens (tertiary/aromatic N) is 4. The van der Waals surface area contributed by atoms with Crippen molar-refractivity contribution in [3.05, 3.63) is 46.4 Å². The number of hydrogen-bond donors (Lipinski definition) is 1. The average molecular weight is 333 g/mol. The van der Waals surface area contributed by atoms with Gasteiger partial charge >= 0.3 is 0 Å². The van der Waals surface area contributed by atoms with Crippen LogP contribution in [0.4, 0.5) is 11.9 Å². The molecule has 2 heterocycles. The highest BCUT2D eigenvalue weighted by atomic mass is 15.2. The molecule has 25 heavy (non-hydrogen) atoms. The molecule has 0 aliphatic heterocycles. The molecule has 2 aromatic heterocycles. The maximum Gasteiger partial charge on any atom is 0.230 e. The highest BCUT2D eigenvalue weighted by Gasteiger charge is 2.16. The number of nitrogens with one attached hydrogen (secondary N) is 1. The standard InChI is InChI=1S/C20H23N5/c1-4-14-9-10-18-16(11-14)13(3)22-20(24-18)25-19-21-12(2)15-7-5-6-8-17(15)23-19/h9-11H,4-8H2,1-3H3,(H,21,22,23,24,25). The average Bonchev–Trinajstić information content (AvgIpc) is 2.61. The molecular weight excluding hydrogens is 310 g/mol. The summed E-state index contributed by atoms with van der Waals surface area (Å²) in [6.07, 6.45) is 5.57. The molecule has 1 aromatic carbocycles. The van der Waals surface area contributed by atoms with Crippen molar-refractivity contribution in [2.45, 2.75) is 52.9 Å². The first-order valence-electron chi connectivity index (χ1n) is 9.04. The van der Waals surface area contributed by atoms with Crippen LogP contribution in [-0.2, 0) is 19.3 Å². The smallest absolute Gasteiger partial charge is 0.230 e. The summed E-state index contributed by atoms with van der Waals surface area (Å²) in [6.45, 7) is 6.24. The van der Waals surface area contributed by atoms with Crippen molar-refractivity contribution in [3.8, 4) is 0 Å². The second-order valence-corrected chi connectivity index (χ2v) is 6.73. The van der Waals surface area contributed by atoms with Crippen LogP contribution < -0.4 is 5.32 Å². The maximum absolute atomic E-state index is 4.70. The van der Waals surface area contributed by atoms with Gasteiger partial charge in [0.1, 0.15) is 0 Å². The van der Waals surface area contributed by atoms with E-state index in [1.807, 2.05) is 6.92 Å². The van der Waals surface area contributed by atoms with Crippen molar-refractivity contribution in [2.75, 3.05) is 5.32 Å². The predicted molar refractivity (Wildman–Crippen MR) is 100 cm³/mol. The summed E-state index contributed by atoms with van der Waals surface area (Å²) in [5.41, 5.74) is 6.77. The molecule has 5 nitrogen and oxygen atoms in total. The van der Waals surface area contributed by atoms with E-state index in [1.54, 1.807) is 0 Å². The van der Waals surface area contributed by atoms with E-state index in [4.69, 9.17) is 4.98 Å². The second kappa shape index (κ2) is 6.39. The SMILES string of the molecule is CCc1ccc2nc(Nc3nc(C)c4c(n3)CCCC4)nc(C)c2c1. The number of hydrogen-bond acceptors (Lipinski definition) is 5. The van der Waals surface area contributed by atoms with Crippen molar-refractivity contribution in [2.24, 2.45) is 0 Å². The molecule has 0 amide bonds. The van der Waals surface area contributed by atoms with Crippen LogP contribution in [0.1, 0.15) is 48.0 Å². The Morgan fingerprint density at radius 1 is 0.920 bits per heavy atom. The normalized spacial score (nSPS) is 13.7. The molecule has 128 valence electrons. The fourth-order valence-corrected chi connectivity index (χ4v) is 3.54. The number of rotatable bonds is 3. The summed E-state index contributed by atoms with van der Waals surface area (Å²) in [7, 11) is 0. The molecule has 3 aromatic rings. The number of aryl methyl sites for hydroxylation is 4. The molecule has 0 unspecified atom stereocenters. The van der Waals surface area contributed by atoms with E-state index < -0.39 is 0 Å². The van der Waals surface area contributed by atoms with Gasteiger partial charge in [0, 0.05) is 16.8 Å². The van der Waals surface area contributed by atoms with Gasteiger partial charge in [-0.1, -0.05) is 13.0 Å². The Balaban J connectivity index is 1.70. The zero-order valence-corrected chi connectivity index (χ0v) is 15.1. The fourth-order valence-electron chi connectivity index (χ4n) is 3.54. The minimum Gasteiger partial charge on any atom is -0.293 e. The second-order valence-electron chi connectivity index (χ2n) is 6.73. The number of aromatic nitrogens is 4. The topological polar surface area (TPSA) is 63.6 Å². The molecule has 0 fully saturated rings. The van der Waals surface area contributed by atoms with Crippen molar-refractivity contribution >= 4 is 22.8 Å². The van der Waals surface area contributed by atoms with Crippen LogP contribution in [-0.4, -0.2) is 19.9 Å². The quantitative estimate of drug-likeness (QED) is 0.777. The van der Waals surface area contributed by atoms with E-state index in [9.17, 15) is 0 Å². The Bertz CT molecular complexity index is 948. The van der Waals surface area contributed by atoms with Crippen molar-refractivity contribution in [3.63, 3.8) is 0 Å². The molecule has 0 saturated heterocycles. The van der Waals surface area contributed by atoms with Gasteiger partial charge in [0.15, 0.2) is 0 Å². The first-order chi connectivity index (χ1) is 12.1. The van der Waals surface area contributed by atoms with Gasteiger partial charge in [0.05, 0.1) is 11.2 Å². The molecule has 1 aliphatic rings. The number of fused-ring (bicyclic) bond motifs is 2. The minimum atomic E-state index is 0.560. The van der Waals surface area contributed by atoms with Crippen LogP contribution in [0.25, 0.3) is 10.9 Å². The van der Waals surface area contributed by atoms with E-state index in [0.29, 0.717) is 11.9 Å². The highest BCUT2D eigenvalue weighted by Crippen LogP contribution is 2.24. The van der Waals surface area contributed by atoms with Gasteiger partial charge in [-0.3, -0.25) is 5.32 Å². The fraction of sp³-hybridized carbons (Fsp3) is 0.400. The lowest BCUT2D eigenvalue weighted by molar-refractivity contribution is 0.658. The summed E-state index contributed by atoms with van der Waals surface area (Å²) in [6, 6.07) is 6.36. The summed E-state index contributed by atoms with van der Waals surface area (Å²) >= 11 is 0. The first-order valence-corrected chi connectivity index (χ1v) is 9.04. The van der Waals surface area contributed by atoms with Crippen molar-refractivity contribution in [1.29, 1.82) is 0 Å². The van der Waals surface area contributed by atoms with E-state index in [0.717, 1.165) is 41.6 Å². The lowest BCUT2D eigenvalue weighted by Gasteiger charge is -2.17. The first kappa shape index (κ1) is 15.9. The van der Waals surface area contributed by atoms with Crippen LogP contribution in [0.3, 0.4) is 0 Å². The number of anilines is 2. The molecule has 0 radical (unpaired) electrons. The van der Waals surface area contributed by atoms with Gasteiger partial charge in [-0.25, -0.2) is 19.9 Å². The van der Waals surface area contributed by atoms with Crippen LogP contribution in [0.5, 0.6) is 0 Å². The Labute approximate surface area is 148 Å². The third-order valence-electron chi connectivity index (χ3n) is 4.97. The van der Waals surface area contributed by atoms with Crippen LogP contribution in [0.15, 0.2) is 18.2 Å². The summed E-state index contributed by atoms with van der Waals surface area (Å²) in [5, 5.41) is 4.32. The lowest BCUT2D eigenvalue weighted by Crippen LogP contribution is -2.12. The molecule has 0 spiro atoms. The van der Waals surface area contributed by atoms with E-state index in [2.05, 4.69) is 52.3 Å². The minimum absolute atomic E-state index is 0.560. The Kier molecular flexibility index (Phi) is 4.07. The Hall–Kier alpha value is -2.56. The Morgan fingerprint density at radius 2 is 1.68 bits per heavy atom. The van der Waals surface area contributed by atoms with E-state index in [-0.39, 0.29) is 0 Å². The van der Waals surface area contributed by atoms with Crippen LogP contribution >= 0.6 is 0 Å². The predicted octanol–water partition coefficient (Wildman–Crippen LogP) is 4.22. The van der Waals surface area contributed by atoms with Gasteiger partial charge in [-0.05, 0) is 69.2 Å². The molecular formula is C20H23N5. The van der Waals surface area contributed by atoms with E-state index in [1.165, 1.54) is 29.7 Å². The largest absolute Gasteiger partial charge is 0.293 e. The summed E-state index contributed by atoms with van der Waals surface area (Å²) in [5.74, 6) is 1.16.